The van der Waals surface area contributed by atoms with Crippen LogP contribution in [-0.4, -0.2) is 40.3 Å². The molecule has 6 rings (SSSR count). The average molecular weight is 588 g/mol. The smallest absolute Gasteiger partial charge is 0.103 e. The van der Waals surface area contributed by atoms with Gasteiger partial charge in [-0.3, -0.25) is 9.99 Å². The van der Waals surface area contributed by atoms with Crippen molar-refractivity contribution in [2.24, 2.45) is 0 Å². The molecule has 1 unspecified atom stereocenters. The standard InChI is InChI=1S/C30H28Cl2N8O/c31-20-7-4-8-21(11-20)36-28-19(14-33)15-35-30-23(28)12-22(13-24(30)32)37-29(18-5-2-1-3-6-18)25-17-40(39-38-25)26-9-10-34-16-27(26)41/h1-8,11-13,15,17,26-27,29,34,37-39,41H,9-10,16H2,(H,35,36)/t26?,27-,29+/m1/s1. The number of nitrogens with one attached hydrogen (secondary N) is 5. The molecule has 0 spiro atoms. The highest BCUT2D eigenvalue weighted by Gasteiger charge is 2.32. The van der Waals surface area contributed by atoms with Crippen LogP contribution in [0.5, 0.6) is 0 Å². The second-order valence-electron chi connectivity index (χ2n) is 9.99. The Labute approximate surface area is 247 Å². The minimum Gasteiger partial charge on any atom is -0.390 e. The molecule has 1 saturated heterocycles. The van der Waals surface area contributed by atoms with Gasteiger partial charge in [-0.15, -0.1) is 5.53 Å². The number of hydrazine groups is 2. The Bertz CT molecular complexity index is 1640. The summed E-state index contributed by atoms with van der Waals surface area (Å²) in [6, 6.07) is 23.0. The molecule has 3 aromatic carbocycles. The summed E-state index contributed by atoms with van der Waals surface area (Å²) in [5, 5.41) is 34.3. The summed E-state index contributed by atoms with van der Waals surface area (Å²) in [7, 11) is 0. The number of aliphatic hydroxyl groups excluding tert-OH is 1. The van der Waals surface area contributed by atoms with E-state index in [-0.39, 0.29) is 12.1 Å². The maximum absolute atomic E-state index is 10.6. The second kappa shape index (κ2) is 11.8. The van der Waals surface area contributed by atoms with Gasteiger partial charge in [-0.05, 0) is 48.9 Å². The summed E-state index contributed by atoms with van der Waals surface area (Å²) >= 11 is 13.0. The number of piperidine rings is 1. The van der Waals surface area contributed by atoms with Crippen LogP contribution >= 0.6 is 23.2 Å². The van der Waals surface area contributed by atoms with Crippen molar-refractivity contribution in [1.82, 2.24) is 26.3 Å². The van der Waals surface area contributed by atoms with Gasteiger partial charge in [0.25, 0.3) is 0 Å². The minimum atomic E-state index is -0.497. The molecule has 0 radical (unpaired) electrons. The number of hydrogen-bond donors (Lipinski definition) is 6. The number of halogens is 2. The van der Waals surface area contributed by atoms with Gasteiger partial charge in [0, 0.05) is 40.7 Å². The van der Waals surface area contributed by atoms with Gasteiger partial charge in [0.1, 0.15) is 6.07 Å². The van der Waals surface area contributed by atoms with Gasteiger partial charge >= 0.3 is 0 Å². The van der Waals surface area contributed by atoms with E-state index in [4.69, 9.17) is 23.2 Å². The predicted molar refractivity (Wildman–Crippen MR) is 162 cm³/mol. The van der Waals surface area contributed by atoms with Crippen LogP contribution in [-0.2, 0) is 0 Å². The number of rotatable bonds is 7. The van der Waals surface area contributed by atoms with Gasteiger partial charge in [0.05, 0.1) is 45.7 Å². The zero-order valence-corrected chi connectivity index (χ0v) is 23.4. The molecule has 3 heterocycles. The van der Waals surface area contributed by atoms with E-state index < -0.39 is 6.10 Å². The molecule has 0 aliphatic carbocycles. The van der Waals surface area contributed by atoms with Gasteiger partial charge in [0.15, 0.2) is 0 Å². The zero-order valence-electron chi connectivity index (χ0n) is 21.9. The highest BCUT2D eigenvalue weighted by molar-refractivity contribution is 6.36. The number of β-amino-alcohol motifs (C(OH)–C–C–N with tert-alkyl or cyclic N) is 1. The number of nitriles is 1. The summed E-state index contributed by atoms with van der Waals surface area (Å²) in [5.74, 6) is 0. The predicted octanol–water partition coefficient (Wildman–Crippen LogP) is 5.20. The number of hydrogen-bond acceptors (Lipinski definition) is 9. The van der Waals surface area contributed by atoms with Crippen molar-refractivity contribution in [3.63, 3.8) is 0 Å². The Hall–Kier alpha value is -4.04. The van der Waals surface area contributed by atoms with Crippen molar-refractivity contribution in [2.45, 2.75) is 24.6 Å². The molecule has 11 heteroatoms. The van der Waals surface area contributed by atoms with Crippen molar-refractivity contribution in [1.29, 1.82) is 5.26 Å². The van der Waals surface area contributed by atoms with Gasteiger partial charge < -0.3 is 26.5 Å². The average Bonchev–Trinajstić information content (AvgIpc) is 3.47. The van der Waals surface area contributed by atoms with Crippen molar-refractivity contribution in [3.8, 4) is 6.07 Å². The summed E-state index contributed by atoms with van der Waals surface area (Å²) in [5.41, 5.74) is 11.4. The molecule has 0 amide bonds. The van der Waals surface area contributed by atoms with Crippen molar-refractivity contribution in [2.75, 3.05) is 23.7 Å². The lowest BCUT2D eigenvalue weighted by atomic mass is 10.0. The van der Waals surface area contributed by atoms with E-state index in [1.165, 1.54) is 6.20 Å². The molecule has 3 atom stereocenters. The van der Waals surface area contributed by atoms with Crippen LogP contribution in [0.1, 0.15) is 23.6 Å². The summed E-state index contributed by atoms with van der Waals surface area (Å²) in [6.07, 6.45) is 3.82. The molecular formula is C30H28Cl2N8O. The molecule has 41 heavy (non-hydrogen) atoms. The Balaban J connectivity index is 1.39. The van der Waals surface area contributed by atoms with Gasteiger partial charge in [-0.2, -0.15) is 5.26 Å². The van der Waals surface area contributed by atoms with Crippen LogP contribution in [0, 0.1) is 11.3 Å². The van der Waals surface area contributed by atoms with Crippen LogP contribution in [0.25, 0.3) is 10.9 Å². The third-order valence-corrected chi connectivity index (χ3v) is 7.80. The molecule has 0 saturated carbocycles. The van der Waals surface area contributed by atoms with Gasteiger partial charge in [-0.25, -0.2) is 0 Å². The third-order valence-electron chi connectivity index (χ3n) is 7.27. The lowest BCUT2D eigenvalue weighted by Crippen LogP contribution is -2.55. The minimum absolute atomic E-state index is 0.0663. The Kier molecular flexibility index (Phi) is 7.83. The van der Waals surface area contributed by atoms with Crippen molar-refractivity contribution < 1.29 is 5.11 Å². The number of anilines is 3. The fourth-order valence-electron chi connectivity index (χ4n) is 5.25. The lowest BCUT2D eigenvalue weighted by molar-refractivity contribution is 0.0300. The van der Waals surface area contributed by atoms with Crippen LogP contribution in [0.15, 0.2) is 84.8 Å². The van der Waals surface area contributed by atoms with E-state index in [2.05, 4.69) is 38.0 Å². The number of pyridine rings is 1. The second-order valence-corrected chi connectivity index (χ2v) is 10.8. The highest BCUT2D eigenvalue weighted by Crippen LogP contribution is 2.37. The number of benzene rings is 3. The molecule has 4 aromatic rings. The van der Waals surface area contributed by atoms with E-state index in [0.29, 0.717) is 38.7 Å². The first kappa shape index (κ1) is 27.1. The van der Waals surface area contributed by atoms with E-state index >= 15 is 0 Å². The zero-order chi connectivity index (χ0) is 28.3. The summed E-state index contributed by atoms with van der Waals surface area (Å²) in [4.78, 5) is 4.48. The lowest BCUT2D eigenvalue weighted by Gasteiger charge is -2.34. The SMILES string of the molecule is N#Cc1cnc2c(Cl)cc(N[C@H](C3=CN(C4CCNC[C@H]4O)NN3)c3ccccc3)cc2c1Nc1cccc(Cl)c1. The molecule has 2 aliphatic rings. The normalized spacial score (nSPS) is 19.3. The number of fused-ring (bicyclic) bond motifs is 1. The highest BCUT2D eigenvalue weighted by atomic mass is 35.5. The largest absolute Gasteiger partial charge is 0.390 e. The molecule has 9 nitrogen and oxygen atoms in total. The van der Waals surface area contributed by atoms with Crippen molar-refractivity contribution >= 4 is 51.2 Å². The van der Waals surface area contributed by atoms with E-state index in [9.17, 15) is 10.4 Å². The molecule has 2 aliphatic heterocycles. The molecule has 6 N–H and O–H groups in total. The van der Waals surface area contributed by atoms with Crippen molar-refractivity contribution in [3.05, 3.63) is 106 Å². The van der Waals surface area contributed by atoms with E-state index in [0.717, 1.165) is 35.6 Å². The van der Waals surface area contributed by atoms with Crippen LogP contribution in [0.3, 0.4) is 0 Å². The van der Waals surface area contributed by atoms with E-state index in [1.807, 2.05) is 65.8 Å². The monoisotopic (exact) mass is 586 g/mol. The summed E-state index contributed by atoms with van der Waals surface area (Å²) in [6.45, 7) is 1.38. The first-order chi connectivity index (χ1) is 20.0. The van der Waals surface area contributed by atoms with Crippen LogP contribution < -0.4 is 26.9 Å². The summed E-state index contributed by atoms with van der Waals surface area (Å²) < 4.78 is 0. The first-order valence-electron chi connectivity index (χ1n) is 13.3. The Morgan fingerprint density at radius 1 is 1.07 bits per heavy atom. The molecule has 0 bridgehead atoms. The molecular weight excluding hydrogens is 559 g/mol. The quantitative estimate of drug-likeness (QED) is 0.173. The molecule has 1 fully saturated rings. The van der Waals surface area contributed by atoms with Crippen LogP contribution in [0.2, 0.25) is 10.0 Å². The van der Waals surface area contributed by atoms with Gasteiger partial charge in [-0.1, -0.05) is 59.6 Å². The maximum atomic E-state index is 10.6. The fraction of sp³-hybridized carbons (Fsp3) is 0.200. The van der Waals surface area contributed by atoms with E-state index in [1.54, 1.807) is 12.1 Å². The number of aliphatic hydroxyl groups is 1. The Morgan fingerprint density at radius 3 is 2.71 bits per heavy atom. The number of aromatic nitrogens is 1. The maximum Gasteiger partial charge on any atom is 0.103 e. The third kappa shape index (κ3) is 5.75. The number of nitrogens with zero attached hydrogens (tertiary/aromatic N) is 3. The first-order valence-corrected chi connectivity index (χ1v) is 14.0. The molecule has 208 valence electrons. The Morgan fingerprint density at radius 2 is 1.93 bits per heavy atom. The fourth-order valence-corrected chi connectivity index (χ4v) is 5.71. The topological polar surface area (TPSA) is 120 Å². The molecule has 1 aromatic heterocycles. The van der Waals surface area contributed by atoms with Crippen LogP contribution in [0.4, 0.5) is 17.1 Å². The van der Waals surface area contributed by atoms with Gasteiger partial charge in [0.2, 0.25) is 0 Å².